The van der Waals surface area contributed by atoms with Crippen LogP contribution in [0.25, 0.3) is 0 Å². The maximum absolute atomic E-state index is 5.57. The number of hydrazine groups is 1. The van der Waals surface area contributed by atoms with Crippen LogP contribution in [0.4, 0.5) is 11.6 Å². The quantitative estimate of drug-likeness (QED) is 0.576. The molecule has 6 nitrogen and oxygen atoms in total. The van der Waals surface area contributed by atoms with Crippen molar-refractivity contribution in [2.75, 3.05) is 23.9 Å². The summed E-state index contributed by atoms with van der Waals surface area (Å²) < 4.78 is 5.57. The molecule has 2 unspecified atom stereocenters. The van der Waals surface area contributed by atoms with Crippen LogP contribution in [0.5, 0.6) is 0 Å². The summed E-state index contributed by atoms with van der Waals surface area (Å²) in [5.41, 5.74) is 2.48. The minimum atomic E-state index is -0.118. The largest absolute Gasteiger partial charge is 0.378 e. The van der Waals surface area contributed by atoms with E-state index in [-0.39, 0.29) is 5.41 Å². The summed E-state index contributed by atoms with van der Waals surface area (Å²) >= 11 is 0. The predicted octanol–water partition coefficient (Wildman–Crippen LogP) is 1.90. The molecule has 1 fully saturated rings. The Hall–Kier alpha value is -1.40. The van der Waals surface area contributed by atoms with Crippen LogP contribution in [-0.2, 0) is 10.2 Å². The van der Waals surface area contributed by atoms with Gasteiger partial charge in [-0.1, -0.05) is 20.8 Å². The van der Waals surface area contributed by atoms with Crippen LogP contribution in [-0.4, -0.2) is 29.2 Å². The van der Waals surface area contributed by atoms with Gasteiger partial charge in [0, 0.05) is 30.6 Å². The number of nitrogens with zero attached hydrogens (tertiary/aromatic N) is 2. The number of rotatable bonds is 4. The van der Waals surface area contributed by atoms with Gasteiger partial charge in [0.25, 0.3) is 0 Å². The third kappa shape index (κ3) is 3.58. The van der Waals surface area contributed by atoms with Gasteiger partial charge in [0.05, 0.1) is 6.10 Å². The number of ether oxygens (including phenoxy) is 1. The molecule has 0 aromatic carbocycles. The molecule has 1 aliphatic heterocycles. The summed E-state index contributed by atoms with van der Waals surface area (Å²) in [6, 6.07) is 1.83. The molecule has 4 N–H and O–H groups in total. The first-order valence-corrected chi connectivity index (χ1v) is 7.12. The topological polar surface area (TPSA) is 85.1 Å². The zero-order chi connectivity index (χ0) is 14.8. The lowest BCUT2D eigenvalue weighted by Crippen LogP contribution is -2.23. The van der Waals surface area contributed by atoms with Crippen molar-refractivity contribution < 1.29 is 4.74 Å². The van der Waals surface area contributed by atoms with Gasteiger partial charge in [0.1, 0.15) is 17.5 Å². The second kappa shape index (κ2) is 5.93. The molecule has 2 atom stereocenters. The highest BCUT2D eigenvalue weighted by molar-refractivity contribution is 5.47. The lowest BCUT2D eigenvalue weighted by Gasteiger charge is -2.20. The van der Waals surface area contributed by atoms with Gasteiger partial charge in [-0.2, -0.15) is 0 Å². The third-order valence-electron chi connectivity index (χ3n) is 3.62. The first kappa shape index (κ1) is 15.0. The van der Waals surface area contributed by atoms with E-state index in [2.05, 4.69) is 48.4 Å². The van der Waals surface area contributed by atoms with E-state index in [1.54, 1.807) is 0 Å². The molecule has 1 saturated heterocycles. The van der Waals surface area contributed by atoms with Gasteiger partial charge in [0.15, 0.2) is 0 Å². The highest BCUT2D eigenvalue weighted by Gasteiger charge is 2.24. The summed E-state index contributed by atoms with van der Waals surface area (Å²) in [6.07, 6.45) is 1.39. The van der Waals surface area contributed by atoms with E-state index >= 15 is 0 Å². The molecule has 20 heavy (non-hydrogen) atoms. The van der Waals surface area contributed by atoms with Crippen LogP contribution in [0.2, 0.25) is 0 Å². The Morgan fingerprint density at radius 3 is 2.60 bits per heavy atom. The van der Waals surface area contributed by atoms with Crippen molar-refractivity contribution in [2.45, 2.75) is 45.6 Å². The standard InChI is InChI=1S/C14H25N5O/c1-9-10(5-6-20-9)8-16-11-7-12(19-15)18-13(17-11)14(2,3)4/h7,9-10H,5-6,8,15H2,1-4H3,(H2,16,17,18,19). The average molecular weight is 279 g/mol. The molecular weight excluding hydrogens is 254 g/mol. The van der Waals surface area contributed by atoms with Gasteiger partial charge in [0.2, 0.25) is 0 Å². The van der Waals surface area contributed by atoms with Gasteiger partial charge in [-0.05, 0) is 13.3 Å². The van der Waals surface area contributed by atoms with E-state index in [9.17, 15) is 0 Å². The molecule has 0 radical (unpaired) electrons. The van der Waals surface area contributed by atoms with E-state index in [4.69, 9.17) is 10.6 Å². The smallest absolute Gasteiger partial charge is 0.145 e. The lowest BCUT2D eigenvalue weighted by atomic mass is 9.96. The molecule has 0 spiro atoms. The summed E-state index contributed by atoms with van der Waals surface area (Å²) in [7, 11) is 0. The zero-order valence-corrected chi connectivity index (χ0v) is 12.7. The Labute approximate surface area is 120 Å². The van der Waals surface area contributed by atoms with Crippen molar-refractivity contribution in [1.29, 1.82) is 0 Å². The fourth-order valence-corrected chi connectivity index (χ4v) is 2.23. The fraction of sp³-hybridized carbons (Fsp3) is 0.714. The van der Waals surface area contributed by atoms with Gasteiger partial charge in [-0.15, -0.1) is 0 Å². The Morgan fingerprint density at radius 2 is 2.05 bits per heavy atom. The van der Waals surface area contributed by atoms with E-state index in [0.717, 1.165) is 31.2 Å². The number of hydrogen-bond donors (Lipinski definition) is 3. The molecule has 0 bridgehead atoms. The molecule has 1 aliphatic rings. The van der Waals surface area contributed by atoms with Crippen molar-refractivity contribution in [3.05, 3.63) is 11.9 Å². The Morgan fingerprint density at radius 1 is 1.35 bits per heavy atom. The predicted molar refractivity (Wildman–Crippen MR) is 80.6 cm³/mol. The van der Waals surface area contributed by atoms with Crippen LogP contribution in [0, 0.1) is 5.92 Å². The normalized spacial score (nSPS) is 22.9. The first-order chi connectivity index (χ1) is 9.40. The third-order valence-corrected chi connectivity index (χ3v) is 3.62. The van der Waals surface area contributed by atoms with E-state index in [1.807, 2.05) is 6.07 Å². The monoisotopic (exact) mass is 279 g/mol. The van der Waals surface area contributed by atoms with E-state index in [0.29, 0.717) is 17.8 Å². The van der Waals surface area contributed by atoms with Crippen LogP contribution >= 0.6 is 0 Å². The van der Waals surface area contributed by atoms with Crippen LogP contribution in [0.3, 0.4) is 0 Å². The number of aromatic nitrogens is 2. The molecule has 0 saturated carbocycles. The minimum Gasteiger partial charge on any atom is -0.378 e. The van der Waals surface area contributed by atoms with Crippen molar-refractivity contribution in [2.24, 2.45) is 11.8 Å². The van der Waals surface area contributed by atoms with Gasteiger partial charge in [-0.3, -0.25) is 0 Å². The van der Waals surface area contributed by atoms with Crippen molar-refractivity contribution in [1.82, 2.24) is 9.97 Å². The van der Waals surface area contributed by atoms with Crippen molar-refractivity contribution in [3.63, 3.8) is 0 Å². The first-order valence-electron chi connectivity index (χ1n) is 7.12. The number of nitrogen functional groups attached to an aromatic ring is 1. The second-order valence-electron chi connectivity index (χ2n) is 6.36. The van der Waals surface area contributed by atoms with Crippen molar-refractivity contribution >= 4 is 11.6 Å². The van der Waals surface area contributed by atoms with Gasteiger partial charge >= 0.3 is 0 Å². The number of hydrogen-bond acceptors (Lipinski definition) is 6. The molecule has 0 amide bonds. The molecule has 1 aromatic rings. The Bertz CT molecular complexity index is 457. The summed E-state index contributed by atoms with van der Waals surface area (Å²) in [4.78, 5) is 8.99. The van der Waals surface area contributed by atoms with Crippen LogP contribution < -0.4 is 16.6 Å². The molecule has 6 heteroatoms. The SMILES string of the molecule is CC1OCCC1CNc1cc(NN)nc(C(C)(C)C)n1. The maximum atomic E-state index is 5.57. The average Bonchev–Trinajstić information content (AvgIpc) is 2.80. The zero-order valence-electron chi connectivity index (χ0n) is 12.7. The van der Waals surface area contributed by atoms with Crippen molar-refractivity contribution in [3.8, 4) is 0 Å². The summed E-state index contributed by atoms with van der Waals surface area (Å²) in [5.74, 6) is 8.21. The molecule has 112 valence electrons. The highest BCUT2D eigenvalue weighted by atomic mass is 16.5. The molecule has 1 aromatic heterocycles. The molecule has 2 rings (SSSR count). The van der Waals surface area contributed by atoms with E-state index < -0.39 is 0 Å². The lowest BCUT2D eigenvalue weighted by molar-refractivity contribution is 0.108. The molecular formula is C14H25N5O. The number of anilines is 2. The molecule has 0 aliphatic carbocycles. The summed E-state index contributed by atoms with van der Waals surface area (Å²) in [6.45, 7) is 10.1. The van der Waals surface area contributed by atoms with Crippen LogP contribution in [0.1, 0.15) is 39.9 Å². The Kier molecular flexibility index (Phi) is 4.45. The fourth-order valence-electron chi connectivity index (χ4n) is 2.23. The second-order valence-corrected chi connectivity index (χ2v) is 6.36. The van der Waals surface area contributed by atoms with Gasteiger partial charge in [-0.25, -0.2) is 15.8 Å². The minimum absolute atomic E-state index is 0.118. The molecule has 2 heterocycles. The number of nitrogens with one attached hydrogen (secondary N) is 2. The Balaban J connectivity index is 2.10. The maximum Gasteiger partial charge on any atom is 0.145 e. The summed E-state index contributed by atoms with van der Waals surface area (Å²) in [5, 5.41) is 3.38. The number of nitrogens with two attached hydrogens (primary N) is 1. The van der Waals surface area contributed by atoms with Crippen LogP contribution in [0.15, 0.2) is 6.07 Å². The van der Waals surface area contributed by atoms with Gasteiger partial charge < -0.3 is 15.5 Å². The highest BCUT2D eigenvalue weighted by Crippen LogP contribution is 2.24. The van der Waals surface area contributed by atoms with E-state index in [1.165, 1.54) is 0 Å².